The summed E-state index contributed by atoms with van der Waals surface area (Å²) in [5.41, 5.74) is 6.02. The largest absolute Gasteiger partial charge is 0.348 e. The molecule has 1 aromatic rings. The van der Waals surface area contributed by atoms with E-state index in [0.717, 1.165) is 36.1 Å². The van der Waals surface area contributed by atoms with Gasteiger partial charge in [-0.25, -0.2) is 4.79 Å². The molecule has 0 spiro atoms. The number of carbonyl (C=O) groups is 3. The van der Waals surface area contributed by atoms with Crippen LogP contribution >= 0.6 is 12.4 Å². The molecule has 1 aliphatic heterocycles. The van der Waals surface area contributed by atoms with E-state index < -0.39 is 23.0 Å². The zero-order chi connectivity index (χ0) is 18.9. The minimum Gasteiger partial charge on any atom is -0.348 e. The smallest absolute Gasteiger partial charge is 0.325 e. The van der Waals surface area contributed by atoms with Crippen molar-refractivity contribution in [1.82, 2.24) is 15.5 Å². The van der Waals surface area contributed by atoms with Crippen molar-refractivity contribution in [3.63, 3.8) is 0 Å². The number of halogens is 1. The van der Waals surface area contributed by atoms with Crippen LogP contribution in [0.4, 0.5) is 4.79 Å². The number of nitrogens with two attached hydrogens (primary N) is 1. The summed E-state index contributed by atoms with van der Waals surface area (Å²) in [4.78, 5) is 38.7. The van der Waals surface area contributed by atoms with Gasteiger partial charge in [0.2, 0.25) is 5.91 Å². The van der Waals surface area contributed by atoms with E-state index in [9.17, 15) is 14.4 Å². The molecule has 1 unspecified atom stereocenters. The molecule has 1 saturated carbocycles. The molecule has 148 valence electrons. The van der Waals surface area contributed by atoms with Crippen LogP contribution in [0.2, 0.25) is 0 Å². The molecular weight excluding hydrogens is 368 g/mol. The average molecular weight is 395 g/mol. The molecule has 1 aromatic carbocycles. The first-order valence-electron chi connectivity index (χ1n) is 9.02. The van der Waals surface area contributed by atoms with Gasteiger partial charge in [-0.05, 0) is 32.3 Å². The fraction of sp³-hybridized carbons (Fsp3) is 0.526. The maximum Gasteiger partial charge on any atom is 0.325 e. The minimum absolute atomic E-state index is 0. The first kappa shape index (κ1) is 21.2. The average Bonchev–Trinajstić information content (AvgIpc) is 3.15. The number of hydrogen-bond donors (Lipinski definition) is 3. The third-order valence-electron chi connectivity index (χ3n) is 5.56. The Kier molecular flexibility index (Phi) is 6.17. The molecule has 1 atom stereocenters. The Morgan fingerprint density at radius 1 is 1.22 bits per heavy atom. The van der Waals surface area contributed by atoms with Gasteiger partial charge in [-0.1, -0.05) is 42.7 Å². The summed E-state index contributed by atoms with van der Waals surface area (Å²) in [5, 5.41) is 5.67. The van der Waals surface area contributed by atoms with Crippen LogP contribution in [0.5, 0.6) is 0 Å². The molecule has 0 bridgehead atoms. The fourth-order valence-electron chi connectivity index (χ4n) is 3.83. The first-order chi connectivity index (χ1) is 12.3. The van der Waals surface area contributed by atoms with Crippen LogP contribution in [0.1, 0.15) is 43.7 Å². The van der Waals surface area contributed by atoms with Crippen molar-refractivity contribution in [2.45, 2.75) is 50.6 Å². The van der Waals surface area contributed by atoms with E-state index in [1.165, 1.54) is 0 Å². The number of aryl methyl sites for hydroxylation is 1. The number of imide groups is 1. The molecule has 7 nitrogen and oxygen atoms in total. The topological polar surface area (TPSA) is 105 Å². The lowest BCUT2D eigenvalue weighted by atomic mass is 9.91. The summed E-state index contributed by atoms with van der Waals surface area (Å²) >= 11 is 0. The maximum atomic E-state index is 12.9. The molecule has 1 heterocycles. The van der Waals surface area contributed by atoms with Gasteiger partial charge in [0.25, 0.3) is 5.91 Å². The summed E-state index contributed by atoms with van der Waals surface area (Å²) in [5.74, 6) is -0.774. The van der Waals surface area contributed by atoms with Gasteiger partial charge in [0, 0.05) is 6.54 Å². The van der Waals surface area contributed by atoms with E-state index in [4.69, 9.17) is 5.73 Å². The monoisotopic (exact) mass is 394 g/mol. The lowest BCUT2D eigenvalue weighted by molar-refractivity contribution is -0.135. The van der Waals surface area contributed by atoms with Crippen molar-refractivity contribution in [1.29, 1.82) is 0 Å². The highest BCUT2D eigenvalue weighted by molar-refractivity contribution is 6.09. The second-order valence-electron chi connectivity index (χ2n) is 7.55. The highest BCUT2D eigenvalue weighted by Gasteiger charge is 2.49. The molecular formula is C19H27ClN4O3. The lowest BCUT2D eigenvalue weighted by Crippen LogP contribution is -2.54. The van der Waals surface area contributed by atoms with Gasteiger partial charge >= 0.3 is 6.03 Å². The first-order valence-corrected chi connectivity index (χ1v) is 9.02. The molecule has 1 saturated heterocycles. The zero-order valence-electron chi connectivity index (χ0n) is 15.7. The van der Waals surface area contributed by atoms with Crippen molar-refractivity contribution in [2.75, 3.05) is 13.1 Å². The molecule has 1 aliphatic carbocycles. The second-order valence-corrected chi connectivity index (χ2v) is 7.55. The normalized spacial score (nSPS) is 23.7. The van der Waals surface area contributed by atoms with Crippen LogP contribution in [0, 0.1) is 6.92 Å². The van der Waals surface area contributed by atoms with E-state index >= 15 is 0 Å². The SMILES string of the molecule is Cc1ccc(C2(C)NC(=O)N(CC(=O)NC3(CN)CCCC3)C2=O)cc1.Cl. The Hall–Kier alpha value is -2.12. The van der Waals surface area contributed by atoms with Crippen LogP contribution in [0.25, 0.3) is 0 Å². The molecule has 2 fully saturated rings. The number of benzene rings is 1. The molecule has 0 aromatic heterocycles. The number of hydrogen-bond acceptors (Lipinski definition) is 4. The molecule has 3 rings (SSSR count). The zero-order valence-corrected chi connectivity index (χ0v) is 16.5. The summed E-state index contributed by atoms with van der Waals surface area (Å²) < 4.78 is 0. The van der Waals surface area contributed by atoms with Crippen LogP contribution in [-0.2, 0) is 15.1 Å². The Morgan fingerprint density at radius 3 is 2.37 bits per heavy atom. The number of urea groups is 1. The van der Waals surface area contributed by atoms with E-state index in [2.05, 4.69) is 10.6 Å². The van der Waals surface area contributed by atoms with Gasteiger partial charge in [0.05, 0.1) is 5.54 Å². The van der Waals surface area contributed by atoms with Gasteiger partial charge in [0.15, 0.2) is 0 Å². The Morgan fingerprint density at radius 2 is 1.81 bits per heavy atom. The highest BCUT2D eigenvalue weighted by Crippen LogP contribution is 2.30. The van der Waals surface area contributed by atoms with Crippen LogP contribution in [0.3, 0.4) is 0 Å². The number of nitrogens with zero attached hydrogens (tertiary/aromatic N) is 1. The lowest BCUT2D eigenvalue weighted by Gasteiger charge is -2.29. The summed E-state index contributed by atoms with van der Waals surface area (Å²) in [6, 6.07) is 6.86. The third kappa shape index (κ3) is 3.94. The predicted molar refractivity (Wildman–Crippen MR) is 104 cm³/mol. The number of carbonyl (C=O) groups excluding carboxylic acids is 3. The van der Waals surface area contributed by atoms with Gasteiger partial charge < -0.3 is 16.4 Å². The second kappa shape index (κ2) is 7.86. The molecule has 8 heteroatoms. The minimum atomic E-state index is -1.16. The third-order valence-corrected chi connectivity index (χ3v) is 5.56. The van der Waals surface area contributed by atoms with Gasteiger partial charge in [-0.2, -0.15) is 0 Å². The summed E-state index contributed by atoms with van der Waals surface area (Å²) in [6.45, 7) is 3.68. The van der Waals surface area contributed by atoms with Gasteiger partial charge in [-0.15, -0.1) is 12.4 Å². The number of amides is 4. The van der Waals surface area contributed by atoms with Gasteiger partial charge in [-0.3, -0.25) is 14.5 Å². The molecule has 27 heavy (non-hydrogen) atoms. The Labute approximate surface area is 165 Å². The highest BCUT2D eigenvalue weighted by atomic mass is 35.5. The van der Waals surface area contributed by atoms with Crippen molar-refractivity contribution in [2.24, 2.45) is 5.73 Å². The van der Waals surface area contributed by atoms with E-state index in [0.29, 0.717) is 12.1 Å². The van der Waals surface area contributed by atoms with Crippen LogP contribution in [0.15, 0.2) is 24.3 Å². The van der Waals surface area contributed by atoms with Gasteiger partial charge in [0.1, 0.15) is 12.1 Å². The molecule has 4 N–H and O–H groups in total. The van der Waals surface area contributed by atoms with E-state index in [1.54, 1.807) is 6.92 Å². The Bertz CT molecular complexity index is 731. The standard InChI is InChI=1S/C19H26N4O3.ClH/c1-13-5-7-14(8-6-13)18(2)16(25)23(17(26)22-18)11-15(24)21-19(12-20)9-3-4-10-19;/h5-8H,3-4,9-12,20H2,1-2H3,(H,21,24)(H,22,26);1H. The van der Waals surface area contributed by atoms with Crippen molar-refractivity contribution in [3.05, 3.63) is 35.4 Å². The quantitative estimate of drug-likeness (QED) is 0.659. The number of nitrogens with one attached hydrogen (secondary N) is 2. The van der Waals surface area contributed by atoms with E-state index in [1.807, 2.05) is 31.2 Å². The predicted octanol–water partition coefficient (Wildman–Crippen LogP) is 1.57. The summed E-state index contributed by atoms with van der Waals surface area (Å²) in [6.07, 6.45) is 3.70. The van der Waals surface area contributed by atoms with Crippen molar-refractivity contribution >= 4 is 30.3 Å². The van der Waals surface area contributed by atoms with E-state index in [-0.39, 0.29) is 24.9 Å². The maximum absolute atomic E-state index is 12.9. The molecule has 2 aliphatic rings. The number of rotatable bonds is 5. The molecule has 0 radical (unpaired) electrons. The summed E-state index contributed by atoms with van der Waals surface area (Å²) in [7, 11) is 0. The Balaban J connectivity index is 0.00000261. The van der Waals surface area contributed by atoms with Crippen molar-refractivity contribution in [3.8, 4) is 0 Å². The fourth-order valence-corrected chi connectivity index (χ4v) is 3.83. The molecule has 4 amide bonds. The van der Waals surface area contributed by atoms with Crippen LogP contribution in [-0.4, -0.2) is 41.4 Å². The van der Waals surface area contributed by atoms with Crippen LogP contribution < -0.4 is 16.4 Å². The van der Waals surface area contributed by atoms with Crippen molar-refractivity contribution < 1.29 is 14.4 Å².